The molecule has 0 bridgehead atoms. The van der Waals surface area contributed by atoms with Crippen LogP contribution in [0.4, 0.5) is 5.69 Å². The first-order chi connectivity index (χ1) is 14.6. The predicted octanol–water partition coefficient (Wildman–Crippen LogP) is 5.06. The van der Waals surface area contributed by atoms with Gasteiger partial charge in [-0.1, -0.05) is 36.4 Å². The lowest BCUT2D eigenvalue weighted by atomic mass is 10.1. The molecule has 4 aromatic rings. The van der Waals surface area contributed by atoms with Gasteiger partial charge in [0.25, 0.3) is 0 Å². The van der Waals surface area contributed by atoms with Gasteiger partial charge in [-0.05, 0) is 61.2 Å². The van der Waals surface area contributed by atoms with Gasteiger partial charge in [-0.25, -0.2) is 9.97 Å². The summed E-state index contributed by atoms with van der Waals surface area (Å²) in [5.41, 5.74) is 6.13. The van der Waals surface area contributed by atoms with Crippen LogP contribution >= 0.6 is 0 Å². The van der Waals surface area contributed by atoms with Crippen molar-refractivity contribution in [2.24, 2.45) is 0 Å². The minimum absolute atomic E-state index is 0.0313. The number of aromatic nitrogens is 3. The average Bonchev–Trinajstić information content (AvgIpc) is 3.05. The van der Waals surface area contributed by atoms with Crippen molar-refractivity contribution in [3.8, 4) is 0 Å². The largest absolute Gasteiger partial charge is 0.326 e. The molecule has 0 aliphatic heterocycles. The van der Waals surface area contributed by atoms with Crippen LogP contribution in [0.15, 0.2) is 66.9 Å². The Morgan fingerprint density at radius 2 is 1.77 bits per heavy atom. The molecule has 0 atom stereocenters. The Morgan fingerprint density at radius 1 is 1.00 bits per heavy atom. The third kappa shape index (κ3) is 4.74. The van der Waals surface area contributed by atoms with Crippen molar-refractivity contribution >= 4 is 22.8 Å². The molecule has 5 nitrogen and oxygen atoms in total. The highest BCUT2D eigenvalue weighted by Gasteiger charge is 2.13. The van der Waals surface area contributed by atoms with Crippen LogP contribution in [-0.2, 0) is 17.8 Å². The number of amides is 1. The van der Waals surface area contributed by atoms with Gasteiger partial charge >= 0.3 is 0 Å². The average molecular weight is 399 g/mol. The molecule has 0 aliphatic carbocycles. The van der Waals surface area contributed by atoms with Crippen LogP contribution < -0.4 is 5.32 Å². The SMILES string of the molecule is Cc1cc(C)cc(NC(=O)CCCc2nc3cccnc3n2Cc2ccccc2)c1. The molecule has 30 heavy (non-hydrogen) atoms. The van der Waals surface area contributed by atoms with Gasteiger partial charge in [0.15, 0.2) is 5.65 Å². The van der Waals surface area contributed by atoms with Gasteiger partial charge in [0.2, 0.25) is 5.91 Å². The van der Waals surface area contributed by atoms with Gasteiger partial charge in [-0.15, -0.1) is 0 Å². The van der Waals surface area contributed by atoms with Crippen molar-refractivity contribution in [2.45, 2.75) is 39.7 Å². The molecule has 2 heterocycles. The molecule has 1 amide bonds. The van der Waals surface area contributed by atoms with Gasteiger partial charge in [-0.3, -0.25) is 4.79 Å². The van der Waals surface area contributed by atoms with Crippen molar-refractivity contribution in [1.29, 1.82) is 0 Å². The van der Waals surface area contributed by atoms with Crippen molar-refractivity contribution in [3.05, 3.63) is 89.4 Å². The first-order valence-electron chi connectivity index (χ1n) is 10.3. The second kappa shape index (κ2) is 8.91. The topological polar surface area (TPSA) is 59.8 Å². The maximum absolute atomic E-state index is 12.4. The number of aryl methyl sites for hydroxylation is 3. The first kappa shape index (κ1) is 19.8. The molecule has 152 valence electrons. The number of rotatable bonds is 7. The summed E-state index contributed by atoms with van der Waals surface area (Å²) in [6.45, 7) is 4.79. The van der Waals surface area contributed by atoms with E-state index in [1.54, 1.807) is 6.20 Å². The summed E-state index contributed by atoms with van der Waals surface area (Å²) in [6.07, 6.45) is 3.71. The maximum Gasteiger partial charge on any atom is 0.224 e. The molecule has 0 radical (unpaired) electrons. The summed E-state index contributed by atoms with van der Waals surface area (Å²) >= 11 is 0. The second-order valence-corrected chi connectivity index (χ2v) is 7.72. The number of benzene rings is 2. The van der Waals surface area contributed by atoms with E-state index in [0.717, 1.165) is 53.2 Å². The highest BCUT2D eigenvalue weighted by atomic mass is 16.1. The number of nitrogens with one attached hydrogen (secondary N) is 1. The van der Waals surface area contributed by atoms with Crippen LogP contribution in [0.1, 0.15) is 35.4 Å². The Morgan fingerprint density at radius 3 is 2.53 bits per heavy atom. The molecule has 4 rings (SSSR count). The number of nitrogens with zero attached hydrogens (tertiary/aromatic N) is 3. The lowest BCUT2D eigenvalue weighted by Crippen LogP contribution is -2.13. The Labute approximate surface area is 176 Å². The van der Waals surface area contributed by atoms with Crippen LogP contribution in [0, 0.1) is 13.8 Å². The number of imidazole rings is 1. The maximum atomic E-state index is 12.4. The van der Waals surface area contributed by atoms with E-state index in [-0.39, 0.29) is 5.91 Å². The smallest absolute Gasteiger partial charge is 0.224 e. The van der Waals surface area contributed by atoms with E-state index in [0.29, 0.717) is 6.42 Å². The Kier molecular flexibility index (Phi) is 5.89. The number of hydrogen-bond acceptors (Lipinski definition) is 3. The molecule has 0 aliphatic rings. The number of pyridine rings is 1. The van der Waals surface area contributed by atoms with Gasteiger partial charge in [-0.2, -0.15) is 0 Å². The third-order valence-electron chi connectivity index (χ3n) is 5.08. The van der Waals surface area contributed by atoms with E-state index < -0.39 is 0 Å². The minimum atomic E-state index is 0.0313. The van der Waals surface area contributed by atoms with Crippen molar-refractivity contribution in [3.63, 3.8) is 0 Å². The van der Waals surface area contributed by atoms with E-state index in [4.69, 9.17) is 4.98 Å². The molecule has 5 heteroatoms. The highest BCUT2D eigenvalue weighted by Crippen LogP contribution is 2.18. The number of anilines is 1. The summed E-state index contributed by atoms with van der Waals surface area (Å²) in [5, 5.41) is 3.01. The number of hydrogen-bond donors (Lipinski definition) is 1. The molecule has 0 saturated heterocycles. The zero-order valence-electron chi connectivity index (χ0n) is 17.4. The lowest BCUT2D eigenvalue weighted by molar-refractivity contribution is -0.116. The number of fused-ring (bicyclic) bond motifs is 1. The van der Waals surface area contributed by atoms with Gasteiger partial charge in [0.05, 0.1) is 6.54 Å². The Bertz CT molecular complexity index is 1140. The van der Waals surface area contributed by atoms with E-state index in [1.165, 1.54) is 5.56 Å². The molecule has 1 N–H and O–H groups in total. The van der Waals surface area contributed by atoms with Crippen LogP contribution in [-0.4, -0.2) is 20.4 Å². The monoisotopic (exact) mass is 398 g/mol. The minimum Gasteiger partial charge on any atom is -0.326 e. The molecular weight excluding hydrogens is 372 g/mol. The normalized spacial score (nSPS) is 11.0. The van der Waals surface area contributed by atoms with Crippen LogP contribution in [0.3, 0.4) is 0 Å². The van der Waals surface area contributed by atoms with E-state index in [2.05, 4.69) is 33.1 Å². The number of carbonyl (C=O) groups excluding carboxylic acids is 1. The lowest BCUT2D eigenvalue weighted by Gasteiger charge is -2.10. The highest BCUT2D eigenvalue weighted by molar-refractivity contribution is 5.90. The fourth-order valence-electron chi connectivity index (χ4n) is 3.81. The molecule has 2 aromatic heterocycles. The molecule has 0 spiro atoms. The first-order valence-corrected chi connectivity index (χ1v) is 10.3. The van der Waals surface area contributed by atoms with Crippen LogP contribution in [0.25, 0.3) is 11.2 Å². The second-order valence-electron chi connectivity index (χ2n) is 7.72. The Balaban J connectivity index is 1.44. The van der Waals surface area contributed by atoms with Gasteiger partial charge in [0.1, 0.15) is 11.3 Å². The predicted molar refractivity (Wildman–Crippen MR) is 121 cm³/mol. The summed E-state index contributed by atoms with van der Waals surface area (Å²) < 4.78 is 2.16. The summed E-state index contributed by atoms with van der Waals surface area (Å²) in [4.78, 5) is 21.7. The van der Waals surface area contributed by atoms with Crippen molar-refractivity contribution < 1.29 is 4.79 Å². The quantitative estimate of drug-likeness (QED) is 0.473. The summed E-state index contributed by atoms with van der Waals surface area (Å²) in [7, 11) is 0. The summed E-state index contributed by atoms with van der Waals surface area (Å²) in [5.74, 6) is 0.996. The number of carbonyl (C=O) groups is 1. The zero-order chi connectivity index (χ0) is 20.9. The van der Waals surface area contributed by atoms with Crippen LogP contribution in [0.5, 0.6) is 0 Å². The van der Waals surface area contributed by atoms with Crippen molar-refractivity contribution in [1.82, 2.24) is 14.5 Å². The fourth-order valence-corrected chi connectivity index (χ4v) is 3.81. The van der Waals surface area contributed by atoms with E-state index >= 15 is 0 Å². The van der Waals surface area contributed by atoms with Gasteiger partial charge < -0.3 is 9.88 Å². The standard InChI is InChI=1S/C25H26N4O/c1-18-14-19(2)16-21(15-18)27-24(30)12-6-11-23-28-22-10-7-13-26-25(22)29(23)17-20-8-4-3-5-9-20/h3-5,7-10,13-16H,6,11-12,17H2,1-2H3,(H,27,30). The van der Waals surface area contributed by atoms with E-state index in [1.807, 2.05) is 56.3 Å². The molecular formula is C25H26N4O. The Hall–Kier alpha value is -3.47. The molecule has 0 fully saturated rings. The third-order valence-corrected chi connectivity index (χ3v) is 5.08. The summed E-state index contributed by atoms with van der Waals surface area (Å²) in [6, 6.07) is 20.3. The van der Waals surface area contributed by atoms with E-state index in [9.17, 15) is 4.79 Å². The van der Waals surface area contributed by atoms with Crippen molar-refractivity contribution in [2.75, 3.05) is 5.32 Å². The van der Waals surface area contributed by atoms with Crippen LogP contribution in [0.2, 0.25) is 0 Å². The molecule has 2 aromatic carbocycles. The molecule has 0 unspecified atom stereocenters. The fraction of sp³-hybridized carbons (Fsp3) is 0.240. The molecule has 0 saturated carbocycles. The zero-order valence-corrected chi connectivity index (χ0v) is 17.4. The van der Waals surface area contributed by atoms with Gasteiger partial charge in [0, 0.05) is 24.7 Å².